The molecule has 0 unspecified atom stereocenters. The fraction of sp³-hybridized carbons (Fsp3) is 0.235. The number of nitrogens with one attached hydrogen (secondary N) is 1. The molecule has 1 amide bonds. The normalized spacial score (nSPS) is 14.8. The lowest BCUT2D eigenvalue weighted by molar-refractivity contribution is -0.384. The van der Waals surface area contributed by atoms with Crippen molar-refractivity contribution in [3.8, 4) is 5.75 Å². The largest absolute Gasteiger partial charge is 0.506 e. The molecule has 1 aliphatic rings. The third-order valence-electron chi connectivity index (χ3n) is 4.33. The number of nitro benzene ring substituents is 1. The minimum atomic E-state index is -3.73. The maximum atomic E-state index is 12.7. The Morgan fingerprint density at radius 3 is 2.46 bits per heavy atom. The van der Waals surface area contributed by atoms with E-state index >= 15 is 0 Å². The minimum Gasteiger partial charge on any atom is -0.506 e. The number of phenols is 1. The summed E-state index contributed by atoms with van der Waals surface area (Å²) in [6, 6.07) is 6.94. The van der Waals surface area contributed by atoms with E-state index in [-0.39, 0.29) is 32.6 Å². The van der Waals surface area contributed by atoms with Crippen LogP contribution in [0.1, 0.15) is 23.2 Å². The number of aromatic hydroxyl groups is 1. The number of hydrogen-bond acceptors (Lipinski definition) is 6. The van der Waals surface area contributed by atoms with Crippen molar-refractivity contribution in [2.24, 2.45) is 0 Å². The Kier molecular flexibility index (Phi) is 5.54. The molecule has 2 aromatic carbocycles. The number of non-ortho nitro benzene ring substituents is 1. The average molecular weight is 426 g/mol. The Balaban J connectivity index is 1.88. The number of hydrogen-bond donors (Lipinski definition) is 2. The first-order valence-electron chi connectivity index (χ1n) is 8.28. The third-order valence-corrected chi connectivity index (χ3v) is 6.53. The molecule has 0 aliphatic carbocycles. The molecule has 1 fully saturated rings. The lowest BCUT2D eigenvalue weighted by atomic mass is 10.2. The first-order valence-corrected chi connectivity index (χ1v) is 10.1. The number of anilines is 1. The summed E-state index contributed by atoms with van der Waals surface area (Å²) in [4.78, 5) is 22.5. The SMILES string of the molecule is O=C(Nc1cc(S(=O)(=O)N2CCCC2)ccc1O)c1ccc([N+](=O)[O-])cc1Cl. The number of halogens is 1. The molecule has 11 heteroatoms. The molecule has 0 radical (unpaired) electrons. The number of carbonyl (C=O) groups is 1. The second-order valence-electron chi connectivity index (χ2n) is 6.17. The molecule has 28 heavy (non-hydrogen) atoms. The topological polar surface area (TPSA) is 130 Å². The van der Waals surface area contributed by atoms with Gasteiger partial charge in [-0.15, -0.1) is 0 Å². The van der Waals surface area contributed by atoms with Gasteiger partial charge in [-0.3, -0.25) is 14.9 Å². The molecule has 0 atom stereocenters. The van der Waals surface area contributed by atoms with E-state index in [0.29, 0.717) is 13.1 Å². The molecule has 2 N–H and O–H groups in total. The standard InChI is InChI=1S/C17H16ClN3O6S/c18-14-9-11(21(24)25)3-5-13(14)17(23)19-15-10-12(4-6-16(15)22)28(26,27)20-7-1-2-8-20/h3-6,9-10,22H,1-2,7-8H2,(H,19,23). The molecule has 148 valence electrons. The van der Waals surface area contributed by atoms with E-state index < -0.39 is 20.9 Å². The van der Waals surface area contributed by atoms with Crippen LogP contribution < -0.4 is 5.32 Å². The van der Waals surface area contributed by atoms with Crippen LogP contribution in [0.3, 0.4) is 0 Å². The predicted octanol–water partition coefficient (Wildman–Crippen LogP) is 2.99. The van der Waals surface area contributed by atoms with Gasteiger partial charge in [0.2, 0.25) is 10.0 Å². The summed E-state index contributed by atoms with van der Waals surface area (Å²) in [5.74, 6) is -1.07. The molecule has 1 aliphatic heterocycles. The van der Waals surface area contributed by atoms with Crippen molar-refractivity contribution in [2.45, 2.75) is 17.7 Å². The number of phenolic OH excluding ortho intramolecular Hbond substituents is 1. The van der Waals surface area contributed by atoms with Gasteiger partial charge < -0.3 is 10.4 Å². The molecule has 0 spiro atoms. The Hall–Kier alpha value is -2.69. The van der Waals surface area contributed by atoms with Gasteiger partial charge in [-0.1, -0.05) is 11.6 Å². The average Bonchev–Trinajstić information content (AvgIpc) is 3.18. The number of nitro groups is 1. The molecular formula is C17H16ClN3O6S. The maximum absolute atomic E-state index is 12.7. The van der Waals surface area contributed by atoms with Crippen molar-refractivity contribution in [2.75, 3.05) is 18.4 Å². The van der Waals surface area contributed by atoms with Crippen molar-refractivity contribution in [1.29, 1.82) is 0 Å². The van der Waals surface area contributed by atoms with E-state index in [4.69, 9.17) is 11.6 Å². The zero-order valence-corrected chi connectivity index (χ0v) is 16.0. The summed E-state index contributed by atoms with van der Waals surface area (Å²) in [6.07, 6.45) is 1.55. The Bertz CT molecular complexity index is 1050. The van der Waals surface area contributed by atoms with Gasteiger partial charge in [-0.25, -0.2) is 8.42 Å². The second-order valence-corrected chi connectivity index (χ2v) is 8.51. The molecule has 0 saturated carbocycles. The molecule has 3 rings (SSSR count). The smallest absolute Gasteiger partial charge is 0.270 e. The highest BCUT2D eigenvalue weighted by atomic mass is 35.5. The number of carbonyl (C=O) groups excluding carboxylic acids is 1. The molecule has 1 heterocycles. The highest BCUT2D eigenvalue weighted by molar-refractivity contribution is 7.89. The molecule has 0 aromatic heterocycles. The summed E-state index contributed by atoms with van der Waals surface area (Å²) in [5, 5.41) is 23.0. The fourth-order valence-electron chi connectivity index (χ4n) is 2.84. The zero-order chi connectivity index (χ0) is 20.5. The first kappa shape index (κ1) is 20.1. The lowest BCUT2D eigenvalue weighted by Gasteiger charge is -2.17. The Morgan fingerprint density at radius 1 is 1.18 bits per heavy atom. The van der Waals surface area contributed by atoms with E-state index in [9.17, 15) is 28.4 Å². The van der Waals surface area contributed by atoms with Crippen molar-refractivity contribution < 1.29 is 23.2 Å². The van der Waals surface area contributed by atoms with Crippen LogP contribution in [-0.4, -0.2) is 41.7 Å². The first-order chi connectivity index (χ1) is 13.2. The fourth-order valence-corrected chi connectivity index (χ4v) is 4.65. The summed E-state index contributed by atoms with van der Waals surface area (Å²) in [7, 11) is -3.73. The van der Waals surface area contributed by atoms with E-state index in [1.165, 1.54) is 28.6 Å². The molecule has 1 saturated heterocycles. The summed E-state index contributed by atoms with van der Waals surface area (Å²) in [5.41, 5.74) is -0.442. The minimum absolute atomic E-state index is 0.0560. The molecular weight excluding hydrogens is 410 g/mol. The number of rotatable bonds is 5. The van der Waals surface area contributed by atoms with E-state index in [1.807, 2.05) is 0 Å². The van der Waals surface area contributed by atoms with Gasteiger partial charge in [0.1, 0.15) is 5.75 Å². The van der Waals surface area contributed by atoms with Gasteiger partial charge >= 0.3 is 0 Å². The van der Waals surface area contributed by atoms with Crippen LogP contribution in [0.2, 0.25) is 5.02 Å². The molecule has 9 nitrogen and oxygen atoms in total. The van der Waals surface area contributed by atoms with Crippen molar-refractivity contribution in [1.82, 2.24) is 4.31 Å². The van der Waals surface area contributed by atoms with Crippen LogP contribution in [0.5, 0.6) is 5.75 Å². The monoisotopic (exact) mass is 425 g/mol. The highest BCUT2D eigenvalue weighted by Crippen LogP contribution is 2.30. The number of sulfonamides is 1. The second kappa shape index (κ2) is 7.74. The number of nitrogens with zero attached hydrogens (tertiary/aromatic N) is 2. The molecule has 2 aromatic rings. The Labute approximate surface area is 165 Å². The van der Waals surface area contributed by atoms with E-state index in [0.717, 1.165) is 25.0 Å². The van der Waals surface area contributed by atoms with Crippen LogP contribution in [0.4, 0.5) is 11.4 Å². The third kappa shape index (κ3) is 3.93. The summed E-state index contributed by atoms with van der Waals surface area (Å²) in [6.45, 7) is 0.840. The van der Waals surface area contributed by atoms with Gasteiger partial charge in [-0.05, 0) is 37.1 Å². The quantitative estimate of drug-likeness (QED) is 0.430. The van der Waals surface area contributed by atoms with Crippen molar-refractivity contribution in [3.05, 3.63) is 57.1 Å². The van der Waals surface area contributed by atoms with E-state index in [1.54, 1.807) is 0 Å². The van der Waals surface area contributed by atoms with Gasteiger partial charge in [0.25, 0.3) is 11.6 Å². The van der Waals surface area contributed by atoms with Gasteiger partial charge in [0, 0.05) is 25.2 Å². The summed E-state index contributed by atoms with van der Waals surface area (Å²) < 4.78 is 26.7. The van der Waals surface area contributed by atoms with Gasteiger partial charge in [-0.2, -0.15) is 4.31 Å². The lowest BCUT2D eigenvalue weighted by Crippen LogP contribution is -2.28. The van der Waals surface area contributed by atoms with Crippen LogP contribution in [-0.2, 0) is 10.0 Å². The van der Waals surface area contributed by atoms with Gasteiger partial charge in [0.15, 0.2) is 0 Å². The summed E-state index contributed by atoms with van der Waals surface area (Å²) >= 11 is 5.93. The van der Waals surface area contributed by atoms with Crippen molar-refractivity contribution in [3.63, 3.8) is 0 Å². The maximum Gasteiger partial charge on any atom is 0.270 e. The van der Waals surface area contributed by atoms with Crippen LogP contribution >= 0.6 is 11.6 Å². The number of benzene rings is 2. The predicted molar refractivity (Wildman–Crippen MR) is 102 cm³/mol. The highest BCUT2D eigenvalue weighted by Gasteiger charge is 2.28. The van der Waals surface area contributed by atoms with Crippen LogP contribution in [0, 0.1) is 10.1 Å². The van der Waals surface area contributed by atoms with E-state index in [2.05, 4.69) is 5.32 Å². The Morgan fingerprint density at radius 2 is 1.86 bits per heavy atom. The zero-order valence-electron chi connectivity index (χ0n) is 14.5. The number of amides is 1. The van der Waals surface area contributed by atoms with Crippen LogP contribution in [0.25, 0.3) is 0 Å². The molecule has 0 bridgehead atoms. The van der Waals surface area contributed by atoms with Crippen molar-refractivity contribution >= 4 is 38.9 Å². The van der Waals surface area contributed by atoms with Crippen LogP contribution in [0.15, 0.2) is 41.3 Å². The van der Waals surface area contributed by atoms with Gasteiger partial charge in [0.05, 0.1) is 26.1 Å².